The number of amides is 3. The van der Waals surface area contributed by atoms with Crippen molar-refractivity contribution in [3.05, 3.63) is 144 Å². The zero-order chi connectivity index (χ0) is 29.6. The first-order valence-corrected chi connectivity index (χ1v) is 14.2. The third-order valence-corrected chi connectivity index (χ3v) is 6.97. The average molecular weight is 564 g/mol. The topological polar surface area (TPSA) is 96.5 Å². The fourth-order valence-electron chi connectivity index (χ4n) is 4.72. The molecule has 3 amide bonds. The van der Waals surface area contributed by atoms with E-state index in [0.717, 1.165) is 22.3 Å². The SMILES string of the molecule is C[C@@H](NC(=O)[C@H](CCCNC(=O)OCc1ccccc1)NC(=O)C(c1ccccc1)c1ccccc1)c1ccccc1. The largest absolute Gasteiger partial charge is 0.445 e. The van der Waals surface area contributed by atoms with Crippen molar-refractivity contribution in [1.82, 2.24) is 16.0 Å². The van der Waals surface area contributed by atoms with Crippen LogP contribution in [0.1, 0.15) is 54.0 Å². The summed E-state index contributed by atoms with van der Waals surface area (Å²) in [5.41, 5.74) is 3.53. The van der Waals surface area contributed by atoms with Crippen LogP contribution in [0.15, 0.2) is 121 Å². The lowest BCUT2D eigenvalue weighted by Gasteiger charge is -2.25. The van der Waals surface area contributed by atoms with Crippen LogP contribution in [0.25, 0.3) is 0 Å². The number of hydrogen-bond acceptors (Lipinski definition) is 4. The summed E-state index contributed by atoms with van der Waals surface area (Å²) in [5, 5.41) is 8.79. The second kappa shape index (κ2) is 15.8. The molecule has 0 saturated carbocycles. The number of ether oxygens (including phenoxy) is 1. The van der Waals surface area contributed by atoms with Crippen LogP contribution in [-0.2, 0) is 20.9 Å². The minimum absolute atomic E-state index is 0.172. The maximum atomic E-state index is 13.8. The third kappa shape index (κ3) is 9.06. The molecule has 0 fully saturated rings. The van der Waals surface area contributed by atoms with Gasteiger partial charge in [-0.3, -0.25) is 9.59 Å². The molecule has 0 saturated heterocycles. The van der Waals surface area contributed by atoms with Gasteiger partial charge in [0.05, 0.1) is 12.0 Å². The number of hydrogen-bond donors (Lipinski definition) is 3. The second-order valence-corrected chi connectivity index (χ2v) is 10.1. The van der Waals surface area contributed by atoms with Crippen molar-refractivity contribution in [2.45, 2.75) is 44.4 Å². The number of carbonyl (C=O) groups excluding carboxylic acids is 3. The summed E-state index contributed by atoms with van der Waals surface area (Å²) >= 11 is 0. The minimum atomic E-state index is -0.805. The van der Waals surface area contributed by atoms with E-state index < -0.39 is 18.1 Å². The summed E-state index contributed by atoms with van der Waals surface area (Å²) in [5.74, 6) is -1.14. The molecule has 0 spiro atoms. The lowest BCUT2D eigenvalue weighted by atomic mass is 9.90. The van der Waals surface area contributed by atoms with Gasteiger partial charge in [-0.25, -0.2) is 4.79 Å². The molecule has 2 atom stereocenters. The van der Waals surface area contributed by atoms with Crippen LogP contribution in [-0.4, -0.2) is 30.5 Å². The van der Waals surface area contributed by atoms with E-state index in [0.29, 0.717) is 19.4 Å². The van der Waals surface area contributed by atoms with Gasteiger partial charge in [0.1, 0.15) is 12.6 Å². The van der Waals surface area contributed by atoms with Gasteiger partial charge in [0.25, 0.3) is 0 Å². The molecule has 0 bridgehead atoms. The van der Waals surface area contributed by atoms with Crippen molar-refractivity contribution in [3.8, 4) is 0 Å². The fourth-order valence-corrected chi connectivity index (χ4v) is 4.72. The first-order chi connectivity index (χ1) is 20.5. The first-order valence-electron chi connectivity index (χ1n) is 14.2. The molecule has 0 aliphatic rings. The summed E-state index contributed by atoms with van der Waals surface area (Å²) in [6.45, 7) is 2.38. The molecule has 0 aromatic heterocycles. The molecule has 0 aliphatic heterocycles. The van der Waals surface area contributed by atoms with E-state index in [2.05, 4.69) is 16.0 Å². The van der Waals surface area contributed by atoms with Crippen LogP contribution in [0.5, 0.6) is 0 Å². The fraction of sp³-hybridized carbons (Fsp3) is 0.229. The summed E-state index contributed by atoms with van der Waals surface area (Å²) < 4.78 is 5.28. The van der Waals surface area contributed by atoms with Crippen molar-refractivity contribution >= 4 is 17.9 Å². The predicted molar refractivity (Wildman–Crippen MR) is 164 cm³/mol. The first kappa shape index (κ1) is 30.1. The average Bonchev–Trinajstić information content (AvgIpc) is 3.03. The standard InChI is InChI=1S/C35H37N3O4/c1-26(28-17-8-3-9-18-28)37-33(39)31(23-14-24-36-35(41)42-25-27-15-6-2-7-16-27)38-34(40)32(29-19-10-4-11-20-29)30-21-12-5-13-22-30/h2-13,15-22,26,31-32H,14,23-25H2,1H3,(H,36,41)(H,37,39)(H,38,40)/t26-,31+/m1/s1. The summed E-state index contributed by atoms with van der Waals surface area (Å²) in [6.07, 6.45) is 0.253. The third-order valence-electron chi connectivity index (χ3n) is 6.97. The van der Waals surface area contributed by atoms with E-state index in [9.17, 15) is 14.4 Å². The number of benzene rings is 4. The zero-order valence-corrected chi connectivity index (χ0v) is 23.7. The molecule has 0 unspecified atom stereocenters. The highest BCUT2D eigenvalue weighted by Gasteiger charge is 2.28. The van der Waals surface area contributed by atoms with Gasteiger partial charge in [-0.2, -0.15) is 0 Å². The Morgan fingerprint density at radius 1 is 0.643 bits per heavy atom. The Morgan fingerprint density at radius 2 is 1.14 bits per heavy atom. The highest BCUT2D eigenvalue weighted by molar-refractivity contribution is 5.92. The van der Waals surface area contributed by atoms with Crippen LogP contribution in [0.2, 0.25) is 0 Å². The van der Waals surface area contributed by atoms with Gasteiger partial charge in [0.15, 0.2) is 0 Å². The molecule has 0 radical (unpaired) electrons. The summed E-state index contributed by atoms with van der Waals surface area (Å²) in [7, 11) is 0. The maximum Gasteiger partial charge on any atom is 0.407 e. The molecule has 7 heteroatoms. The minimum Gasteiger partial charge on any atom is -0.445 e. The maximum absolute atomic E-state index is 13.8. The molecule has 4 aromatic rings. The molecule has 4 rings (SSSR count). The molecule has 0 heterocycles. The lowest BCUT2D eigenvalue weighted by Crippen LogP contribution is -2.49. The van der Waals surface area contributed by atoms with Gasteiger partial charge in [-0.05, 0) is 42.0 Å². The van der Waals surface area contributed by atoms with Crippen LogP contribution >= 0.6 is 0 Å². The van der Waals surface area contributed by atoms with E-state index in [1.54, 1.807) is 0 Å². The normalized spacial score (nSPS) is 12.1. The van der Waals surface area contributed by atoms with E-state index in [1.165, 1.54) is 0 Å². The number of carbonyl (C=O) groups is 3. The number of nitrogens with one attached hydrogen (secondary N) is 3. The lowest BCUT2D eigenvalue weighted by molar-refractivity contribution is -0.129. The van der Waals surface area contributed by atoms with Gasteiger partial charge in [-0.1, -0.05) is 121 Å². The Hall–Kier alpha value is -4.91. The molecule has 4 aromatic carbocycles. The van der Waals surface area contributed by atoms with Gasteiger partial charge in [0, 0.05) is 6.54 Å². The number of rotatable bonds is 13. The van der Waals surface area contributed by atoms with Gasteiger partial charge >= 0.3 is 6.09 Å². The van der Waals surface area contributed by atoms with Gasteiger partial charge in [0.2, 0.25) is 11.8 Å². The van der Waals surface area contributed by atoms with Crippen LogP contribution in [0, 0.1) is 0 Å². The zero-order valence-electron chi connectivity index (χ0n) is 23.7. The molecular weight excluding hydrogens is 526 g/mol. The van der Waals surface area contributed by atoms with Gasteiger partial charge < -0.3 is 20.7 Å². The Morgan fingerprint density at radius 3 is 1.69 bits per heavy atom. The van der Waals surface area contributed by atoms with Crippen molar-refractivity contribution in [2.24, 2.45) is 0 Å². The van der Waals surface area contributed by atoms with Crippen LogP contribution in [0.3, 0.4) is 0 Å². The Labute approximate surface area is 247 Å². The molecular formula is C35H37N3O4. The molecule has 7 nitrogen and oxygen atoms in total. The summed E-state index contributed by atoms with van der Waals surface area (Å²) in [6, 6.07) is 37.1. The monoisotopic (exact) mass is 563 g/mol. The molecule has 42 heavy (non-hydrogen) atoms. The van der Waals surface area contributed by atoms with Crippen molar-refractivity contribution < 1.29 is 19.1 Å². The van der Waals surface area contributed by atoms with Crippen LogP contribution in [0.4, 0.5) is 4.79 Å². The van der Waals surface area contributed by atoms with Crippen molar-refractivity contribution in [2.75, 3.05) is 6.54 Å². The summed E-state index contributed by atoms with van der Waals surface area (Å²) in [4.78, 5) is 39.5. The van der Waals surface area contributed by atoms with Crippen molar-refractivity contribution in [3.63, 3.8) is 0 Å². The molecule has 0 aliphatic carbocycles. The highest BCUT2D eigenvalue weighted by atomic mass is 16.5. The quantitative estimate of drug-likeness (QED) is 0.177. The molecule has 3 N–H and O–H groups in total. The molecule has 216 valence electrons. The van der Waals surface area contributed by atoms with Gasteiger partial charge in [-0.15, -0.1) is 0 Å². The van der Waals surface area contributed by atoms with E-state index in [-0.39, 0.29) is 24.5 Å². The van der Waals surface area contributed by atoms with E-state index >= 15 is 0 Å². The second-order valence-electron chi connectivity index (χ2n) is 10.1. The van der Waals surface area contributed by atoms with Crippen LogP contribution < -0.4 is 16.0 Å². The van der Waals surface area contributed by atoms with E-state index in [1.807, 2.05) is 128 Å². The Kier molecular flexibility index (Phi) is 11.3. The number of alkyl carbamates (subject to hydrolysis) is 1. The van der Waals surface area contributed by atoms with Crippen molar-refractivity contribution in [1.29, 1.82) is 0 Å². The Bertz CT molecular complexity index is 1360. The highest BCUT2D eigenvalue weighted by Crippen LogP contribution is 2.25. The van der Waals surface area contributed by atoms with E-state index in [4.69, 9.17) is 4.74 Å². The predicted octanol–water partition coefficient (Wildman–Crippen LogP) is 5.89. The Balaban J connectivity index is 1.42. The smallest absolute Gasteiger partial charge is 0.407 e.